The van der Waals surface area contributed by atoms with Crippen molar-refractivity contribution < 1.29 is 23.5 Å². The average Bonchev–Trinajstić information content (AvgIpc) is 3.46. The molecule has 0 N–H and O–H groups in total. The molecule has 0 radical (unpaired) electrons. The standard InChI is InChI=1S/C32H26FN3O4/c1-35(24-15-17-25(39-2)18-16-24)31(38)22-9-7-20(8-10-22)27-19-28-26-5-3-4-6-29(26)40-32(36(28)34-27)30(37)21-11-13-23(33)14-12-21/h3-18,28,32H,19H2,1-2H3. The van der Waals surface area contributed by atoms with Crippen molar-refractivity contribution in [3.63, 3.8) is 0 Å². The summed E-state index contributed by atoms with van der Waals surface area (Å²) in [6.07, 6.45) is -0.422. The lowest BCUT2D eigenvalue weighted by Crippen LogP contribution is -2.45. The van der Waals surface area contributed by atoms with Gasteiger partial charge in [-0.15, -0.1) is 0 Å². The number of ketones is 1. The number of rotatable bonds is 6. The summed E-state index contributed by atoms with van der Waals surface area (Å²) in [6.45, 7) is 0. The summed E-state index contributed by atoms with van der Waals surface area (Å²) in [5, 5.41) is 6.52. The second kappa shape index (κ2) is 10.3. The van der Waals surface area contributed by atoms with Crippen LogP contribution in [0.2, 0.25) is 0 Å². The Kier molecular flexibility index (Phi) is 6.51. The number of hydrogen-bond acceptors (Lipinski definition) is 6. The van der Waals surface area contributed by atoms with Gasteiger partial charge in [-0.05, 0) is 72.3 Å². The molecular weight excluding hydrogens is 509 g/mol. The Morgan fingerprint density at radius 3 is 2.30 bits per heavy atom. The van der Waals surface area contributed by atoms with Crippen molar-refractivity contribution in [3.8, 4) is 11.5 Å². The Morgan fingerprint density at radius 1 is 0.925 bits per heavy atom. The minimum atomic E-state index is -0.984. The number of methoxy groups -OCH3 is 1. The third-order valence-electron chi connectivity index (χ3n) is 7.28. The number of benzene rings is 4. The molecule has 6 rings (SSSR count). The molecular formula is C32H26FN3O4. The normalized spacial score (nSPS) is 17.3. The lowest BCUT2D eigenvalue weighted by molar-refractivity contribution is -0.00456. The predicted octanol–water partition coefficient (Wildman–Crippen LogP) is 5.86. The zero-order chi connectivity index (χ0) is 27.8. The molecule has 7 nitrogen and oxygen atoms in total. The van der Waals surface area contributed by atoms with E-state index < -0.39 is 12.0 Å². The highest BCUT2D eigenvalue weighted by atomic mass is 19.1. The maximum absolute atomic E-state index is 13.5. The number of amides is 1. The van der Waals surface area contributed by atoms with E-state index in [2.05, 4.69) is 0 Å². The van der Waals surface area contributed by atoms with Crippen LogP contribution in [0.3, 0.4) is 0 Å². The number of para-hydroxylation sites is 1. The number of Topliss-reactive ketones (excluding diaryl/α,β-unsaturated/α-hetero) is 1. The number of hydrogen-bond donors (Lipinski definition) is 0. The molecule has 0 bridgehead atoms. The zero-order valence-electron chi connectivity index (χ0n) is 22.0. The van der Waals surface area contributed by atoms with E-state index in [1.54, 1.807) is 36.2 Å². The zero-order valence-corrected chi connectivity index (χ0v) is 22.0. The Hall–Kier alpha value is -4.98. The molecule has 4 aromatic rings. The van der Waals surface area contributed by atoms with E-state index in [0.717, 1.165) is 28.3 Å². The van der Waals surface area contributed by atoms with Crippen LogP contribution in [0.5, 0.6) is 11.5 Å². The fraction of sp³-hybridized carbons (Fsp3) is 0.156. The summed E-state index contributed by atoms with van der Waals surface area (Å²) in [5.74, 6) is 0.491. The fourth-order valence-corrected chi connectivity index (χ4v) is 5.06. The molecule has 0 aromatic heterocycles. The summed E-state index contributed by atoms with van der Waals surface area (Å²) in [5.41, 5.74) is 4.21. The van der Waals surface area contributed by atoms with Crippen LogP contribution in [0.15, 0.2) is 102 Å². The highest BCUT2D eigenvalue weighted by Crippen LogP contribution is 2.43. The van der Waals surface area contributed by atoms with E-state index in [-0.39, 0.29) is 17.7 Å². The molecule has 2 aliphatic rings. The Morgan fingerprint density at radius 2 is 1.60 bits per heavy atom. The van der Waals surface area contributed by atoms with Crippen LogP contribution < -0.4 is 14.4 Å². The van der Waals surface area contributed by atoms with Gasteiger partial charge in [0, 0.05) is 35.8 Å². The van der Waals surface area contributed by atoms with Crippen molar-refractivity contribution in [2.75, 3.05) is 19.1 Å². The molecule has 0 saturated carbocycles. The SMILES string of the molecule is COc1ccc(N(C)C(=O)c2ccc(C3=NN4C(C(=O)c5ccc(F)cc5)Oc5ccccc5C4C3)cc2)cc1. The van der Waals surface area contributed by atoms with Gasteiger partial charge in [-0.25, -0.2) is 9.40 Å². The van der Waals surface area contributed by atoms with Crippen molar-refractivity contribution in [1.82, 2.24) is 5.01 Å². The number of carbonyl (C=O) groups is 2. The highest BCUT2D eigenvalue weighted by Gasteiger charge is 2.43. The van der Waals surface area contributed by atoms with Gasteiger partial charge in [0.15, 0.2) is 0 Å². The molecule has 40 heavy (non-hydrogen) atoms. The van der Waals surface area contributed by atoms with Gasteiger partial charge in [0.2, 0.25) is 5.78 Å². The number of fused-ring (bicyclic) bond motifs is 3. The number of carbonyl (C=O) groups excluding carboxylic acids is 2. The number of halogens is 1. The van der Waals surface area contributed by atoms with E-state index in [1.165, 1.54) is 24.3 Å². The van der Waals surface area contributed by atoms with Gasteiger partial charge in [0.1, 0.15) is 17.3 Å². The van der Waals surface area contributed by atoms with Gasteiger partial charge in [-0.2, -0.15) is 5.10 Å². The van der Waals surface area contributed by atoms with Gasteiger partial charge in [-0.3, -0.25) is 9.59 Å². The highest BCUT2D eigenvalue weighted by molar-refractivity contribution is 6.07. The molecule has 2 aliphatic heterocycles. The number of hydrazone groups is 1. The van der Waals surface area contributed by atoms with Gasteiger partial charge >= 0.3 is 0 Å². The van der Waals surface area contributed by atoms with Gasteiger partial charge in [0.25, 0.3) is 12.1 Å². The van der Waals surface area contributed by atoms with Crippen molar-refractivity contribution in [2.24, 2.45) is 5.10 Å². The first kappa shape index (κ1) is 25.3. The molecule has 2 unspecified atom stereocenters. The number of anilines is 1. The molecule has 0 fully saturated rings. The first-order valence-electron chi connectivity index (χ1n) is 12.9. The monoisotopic (exact) mass is 535 g/mol. The van der Waals surface area contributed by atoms with Crippen LogP contribution in [0.4, 0.5) is 10.1 Å². The average molecular weight is 536 g/mol. The van der Waals surface area contributed by atoms with Crippen LogP contribution in [0, 0.1) is 5.82 Å². The maximum Gasteiger partial charge on any atom is 0.258 e. The first-order chi connectivity index (χ1) is 19.4. The van der Waals surface area contributed by atoms with Crippen molar-refractivity contribution in [2.45, 2.75) is 18.7 Å². The van der Waals surface area contributed by atoms with Crippen LogP contribution in [0.1, 0.15) is 44.3 Å². The minimum Gasteiger partial charge on any atom is -0.497 e. The third-order valence-corrected chi connectivity index (χ3v) is 7.28. The van der Waals surface area contributed by atoms with Crippen molar-refractivity contribution in [1.29, 1.82) is 0 Å². The molecule has 200 valence electrons. The van der Waals surface area contributed by atoms with Gasteiger partial charge in [-0.1, -0.05) is 30.3 Å². The van der Waals surface area contributed by atoms with E-state index >= 15 is 0 Å². The maximum atomic E-state index is 13.5. The minimum absolute atomic E-state index is 0.144. The molecule has 2 atom stereocenters. The summed E-state index contributed by atoms with van der Waals surface area (Å²) in [6, 6.07) is 27.4. The van der Waals surface area contributed by atoms with Crippen LogP contribution in [0.25, 0.3) is 0 Å². The largest absolute Gasteiger partial charge is 0.497 e. The van der Waals surface area contributed by atoms with Crippen LogP contribution in [-0.4, -0.2) is 42.8 Å². The van der Waals surface area contributed by atoms with E-state index in [1.807, 2.05) is 60.7 Å². The summed E-state index contributed by atoms with van der Waals surface area (Å²) in [4.78, 5) is 28.1. The summed E-state index contributed by atoms with van der Waals surface area (Å²) >= 11 is 0. The molecule has 0 spiro atoms. The van der Waals surface area contributed by atoms with E-state index in [4.69, 9.17) is 14.6 Å². The predicted molar refractivity (Wildman–Crippen MR) is 149 cm³/mol. The summed E-state index contributed by atoms with van der Waals surface area (Å²) in [7, 11) is 3.33. The molecule has 4 aromatic carbocycles. The molecule has 1 amide bonds. The van der Waals surface area contributed by atoms with E-state index in [0.29, 0.717) is 23.3 Å². The Balaban J connectivity index is 1.26. The lowest BCUT2D eigenvalue weighted by atomic mass is 9.95. The topological polar surface area (TPSA) is 71.4 Å². The number of ether oxygens (including phenoxy) is 2. The van der Waals surface area contributed by atoms with Crippen LogP contribution in [-0.2, 0) is 0 Å². The van der Waals surface area contributed by atoms with Gasteiger partial charge in [0.05, 0.1) is 18.9 Å². The Bertz CT molecular complexity index is 1600. The van der Waals surface area contributed by atoms with Crippen LogP contribution >= 0.6 is 0 Å². The van der Waals surface area contributed by atoms with E-state index in [9.17, 15) is 14.0 Å². The smallest absolute Gasteiger partial charge is 0.258 e. The number of nitrogens with zero attached hydrogens (tertiary/aromatic N) is 3. The lowest BCUT2D eigenvalue weighted by Gasteiger charge is -2.37. The van der Waals surface area contributed by atoms with Crippen molar-refractivity contribution >= 4 is 23.1 Å². The molecule has 2 heterocycles. The van der Waals surface area contributed by atoms with Crippen molar-refractivity contribution in [3.05, 3.63) is 125 Å². The summed E-state index contributed by atoms with van der Waals surface area (Å²) < 4.78 is 24.8. The quantitative estimate of drug-likeness (QED) is 0.289. The first-order valence-corrected chi connectivity index (χ1v) is 12.9. The molecule has 0 saturated heterocycles. The fourth-order valence-electron chi connectivity index (χ4n) is 5.06. The van der Waals surface area contributed by atoms with Gasteiger partial charge < -0.3 is 14.4 Å². The molecule has 0 aliphatic carbocycles. The Labute approximate surface area is 231 Å². The molecule has 8 heteroatoms. The second-order valence-corrected chi connectivity index (χ2v) is 9.67. The third kappa shape index (κ3) is 4.58. The second-order valence-electron chi connectivity index (χ2n) is 9.67.